The van der Waals surface area contributed by atoms with Gasteiger partial charge in [-0.1, -0.05) is 20.8 Å². The van der Waals surface area contributed by atoms with E-state index in [9.17, 15) is 0 Å². The first-order valence-electron chi connectivity index (χ1n) is 4.98. The minimum atomic E-state index is 0.653. The molecule has 0 fully saturated rings. The van der Waals surface area contributed by atoms with Crippen molar-refractivity contribution < 1.29 is 0 Å². The van der Waals surface area contributed by atoms with Gasteiger partial charge in [0.1, 0.15) is 0 Å². The van der Waals surface area contributed by atoms with Gasteiger partial charge in [0.05, 0.1) is 0 Å². The van der Waals surface area contributed by atoms with Gasteiger partial charge >= 0.3 is 0 Å². The third-order valence-corrected chi connectivity index (χ3v) is 3.13. The van der Waals surface area contributed by atoms with E-state index >= 15 is 0 Å². The molecule has 0 aromatic carbocycles. The van der Waals surface area contributed by atoms with Gasteiger partial charge in [-0.25, -0.2) is 0 Å². The second kappa shape index (κ2) is 5.40. The zero-order valence-corrected chi connectivity index (χ0v) is 9.53. The van der Waals surface area contributed by atoms with Crippen molar-refractivity contribution in [1.82, 2.24) is 5.32 Å². The van der Waals surface area contributed by atoms with Crippen molar-refractivity contribution in [3.05, 3.63) is 22.4 Å². The van der Waals surface area contributed by atoms with Gasteiger partial charge in [0, 0.05) is 12.6 Å². The summed E-state index contributed by atoms with van der Waals surface area (Å²) in [5, 5.41) is 7.92. The maximum atomic E-state index is 3.58. The first-order chi connectivity index (χ1) is 6.24. The smallest absolute Gasteiger partial charge is 0.0216 e. The van der Waals surface area contributed by atoms with Crippen molar-refractivity contribution in [3.8, 4) is 0 Å². The fourth-order valence-corrected chi connectivity index (χ4v) is 2.16. The Bertz CT molecular complexity index is 216. The van der Waals surface area contributed by atoms with E-state index in [0.717, 1.165) is 12.5 Å². The molecule has 1 rings (SSSR count). The second-order valence-electron chi connectivity index (χ2n) is 3.77. The third kappa shape index (κ3) is 3.49. The van der Waals surface area contributed by atoms with Crippen molar-refractivity contribution in [3.63, 3.8) is 0 Å². The Balaban J connectivity index is 2.32. The molecule has 0 saturated carbocycles. The lowest BCUT2D eigenvalue weighted by Crippen LogP contribution is -2.32. The molecule has 0 aliphatic carbocycles. The molecular formula is C11H19NS. The Kier molecular flexibility index (Phi) is 4.46. The zero-order valence-electron chi connectivity index (χ0n) is 8.71. The summed E-state index contributed by atoms with van der Waals surface area (Å²) in [4.78, 5) is 0. The SMILES string of the molecule is CCC(NCc1ccsc1)C(C)C. The number of rotatable bonds is 5. The number of thiophene rings is 1. The number of nitrogens with one attached hydrogen (secondary N) is 1. The van der Waals surface area contributed by atoms with Crippen LogP contribution in [0.15, 0.2) is 16.8 Å². The van der Waals surface area contributed by atoms with Crippen molar-refractivity contribution >= 4 is 11.3 Å². The topological polar surface area (TPSA) is 12.0 Å². The molecule has 0 radical (unpaired) electrons. The molecule has 2 heteroatoms. The summed E-state index contributed by atoms with van der Waals surface area (Å²) in [5.74, 6) is 0.726. The Morgan fingerprint density at radius 1 is 1.46 bits per heavy atom. The van der Waals surface area contributed by atoms with Crippen LogP contribution in [-0.2, 0) is 6.54 Å². The van der Waals surface area contributed by atoms with Crippen LogP contribution in [0.25, 0.3) is 0 Å². The molecule has 0 spiro atoms. The van der Waals surface area contributed by atoms with Gasteiger partial charge in [0.25, 0.3) is 0 Å². The summed E-state index contributed by atoms with van der Waals surface area (Å²) >= 11 is 1.77. The first kappa shape index (κ1) is 10.7. The molecule has 1 aromatic rings. The minimum absolute atomic E-state index is 0.653. The van der Waals surface area contributed by atoms with Gasteiger partial charge in [0.2, 0.25) is 0 Å². The van der Waals surface area contributed by atoms with Crippen LogP contribution in [0.4, 0.5) is 0 Å². The molecule has 0 aliphatic heterocycles. The van der Waals surface area contributed by atoms with Crippen molar-refractivity contribution in [2.75, 3.05) is 0 Å². The molecule has 1 N–H and O–H groups in total. The summed E-state index contributed by atoms with van der Waals surface area (Å²) in [5.41, 5.74) is 1.41. The van der Waals surface area contributed by atoms with Crippen LogP contribution in [0.3, 0.4) is 0 Å². The number of hydrogen-bond acceptors (Lipinski definition) is 2. The molecule has 1 aromatic heterocycles. The average Bonchev–Trinajstić information content (AvgIpc) is 2.57. The highest BCUT2D eigenvalue weighted by molar-refractivity contribution is 7.07. The van der Waals surface area contributed by atoms with E-state index in [1.54, 1.807) is 11.3 Å². The molecule has 1 nitrogen and oxygen atoms in total. The van der Waals surface area contributed by atoms with E-state index in [0.29, 0.717) is 6.04 Å². The van der Waals surface area contributed by atoms with Crippen molar-refractivity contribution in [2.45, 2.75) is 39.8 Å². The van der Waals surface area contributed by atoms with Crippen LogP contribution in [0.1, 0.15) is 32.8 Å². The highest BCUT2D eigenvalue weighted by Crippen LogP contribution is 2.09. The van der Waals surface area contributed by atoms with E-state index in [1.807, 2.05) is 0 Å². The molecule has 0 aliphatic rings. The molecule has 1 atom stereocenters. The third-order valence-electron chi connectivity index (χ3n) is 2.39. The predicted molar refractivity (Wildman–Crippen MR) is 60.1 cm³/mol. The van der Waals surface area contributed by atoms with Gasteiger partial charge in [-0.3, -0.25) is 0 Å². The Labute approximate surface area is 85.2 Å². The van der Waals surface area contributed by atoms with E-state index in [2.05, 4.69) is 42.9 Å². The maximum absolute atomic E-state index is 3.58. The monoisotopic (exact) mass is 197 g/mol. The molecular weight excluding hydrogens is 178 g/mol. The lowest BCUT2D eigenvalue weighted by atomic mass is 10.0. The van der Waals surface area contributed by atoms with Gasteiger partial charge in [-0.15, -0.1) is 0 Å². The highest BCUT2D eigenvalue weighted by atomic mass is 32.1. The van der Waals surface area contributed by atoms with Crippen LogP contribution in [0.2, 0.25) is 0 Å². The highest BCUT2D eigenvalue weighted by Gasteiger charge is 2.09. The van der Waals surface area contributed by atoms with Gasteiger partial charge in [-0.2, -0.15) is 11.3 Å². The van der Waals surface area contributed by atoms with Crippen LogP contribution in [-0.4, -0.2) is 6.04 Å². The maximum Gasteiger partial charge on any atom is 0.0216 e. The number of hydrogen-bond donors (Lipinski definition) is 1. The Morgan fingerprint density at radius 3 is 2.69 bits per heavy atom. The second-order valence-corrected chi connectivity index (χ2v) is 4.55. The first-order valence-corrected chi connectivity index (χ1v) is 5.92. The van der Waals surface area contributed by atoms with Gasteiger partial charge < -0.3 is 5.32 Å². The predicted octanol–water partition coefficient (Wildman–Crippen LogP) is 3.27. The van der Waals surface area contributed by atoms with Crippen LogP contribution >= 0.6 is 11.3 Å². The largest absolute Gasteiger partial charge is 0.310 e. The Hall–Kier alpha value is -0.340. The molecule has 0 saturated heterocycles. The quantitative estimate of drug-likeness (QED) is 0.764. The van der Waals surface area contributed by atoms with Crippen LogP contribution < -0.4 is 5.32 Å². The van der Waals surface area contributed by atoms with E-state index < -0.39 is 0 Å². The minimum Gasteiger partial charge on any atom is -0.310 e. The van der Waals surface area contributed by atoms with Gasteiger partial charge in [-0.05, 0) is 34.7 Å². The summed E-state index contributed by atoms with van der Waals surface area (Å²) in [6.07, 6.45) is 1.21. The molecule has 0 bridgehead atoms. The van der Waals surface area contributed by atoms with Gasteiger partial charge in [0.15, 0.2) is 0 Å². The summed E-state index contributed by atoms with van der Waals surface area (Å²) < 4.78 is 0. The fraction of sp³-hybridized carbons (Fsp3) is 0.636. The fourth-order valence-electron chi connectivity index (χ4n) is 1.49. The molecule has 0 amide bonds. The zero-order chi connectivity index (χ0) is 9.68. The standard InChI is InChI=1S/C11H19NS/c1-4-11(9(2)3)12-7-10-5-6-13-8-10/h5-6,8-9,11-12H,4,7H2,1-3H3. The van der Waals surface area contributed by atoms with E-state index in [-0.39, 0.29) is 0 Å². The molecule has 74 valence electrons. The van der Waals surface area contributed by atoms with Crippen LogP contribution in [0, 0.1) is 5.92 Å². The normalized spacial score (nSPS) is 13.5. The molecule has 13 heavy (non-hydrogen) atoms. The lowest BCUT2D eigenvalue weighted by molar-refractivity contribution is 0.388. The summed E-state index contributed by atoms with van der Waals surface area (Å²) in [6.45, 7) is 7.80. The summed E-state index contributed by atoms with van der Waals surface area (Å²) in [7, 11) is 0. The van der Waals surface area contributed by atoms with Crippen LogP contribution in [0.5, 0.6) is 0 Å². The lowest BCUT2D eigenvalue weighted by Gasteiger charge is -2.20. The average molecular weight is 197 g/mol. The molecule has 1 heterocycles. The van der Waals surface area contributed by atoms with E-state index in [4.69, 9.17) is 0 Å². The summed E-state index contributed by atoms with van der Waals surface area (Å²) in [6, 6.07) is 2.84. The van der Waals surface area contributed by atoms with Crippen molar-refractivity contribution in [1.29, 1.82) is 0 Å². The Morgan fingerprint density at radius 2 is 2.23 bits per heavy atom. The molecule has 1 unspecified atom stereocenters. The van der Waals surface area contributed by atoms with Crippen molar-refractivity contribution in [2.24, 2.45) is 5.92 Å². The van der Waals surface area contributed by atoms with E-state index in [1.165, 1.54) is 12.0 Å².